The van der Waals surface area contributed by atoms with Crippen molar-refractivity contribution in [1.29, 1.82) is 0 Å². The van der Waals surface area contributed by atoms with Gasteiger partial charge >= 0.3 is 0 Å². The maximum absolute atomic E-state index is 2.44. The van der Waals surface area contributed by atoms with Gasteiger partial charge in [0, 0.05) is 22.5 Å². The molecular weight excluding hydrogens is 735 g/mol. The first kappa shape index (κ1) is 36.8. The van der Waals surface area contributed by atoms with Gasteiger partial charge in [-0.2, -0.15) is 0 Å². The van der Waals surface area contributed by atoms with E-state index in [0.717, 1.165) is 17.1 Å². The fraction of sp³-hybridized carbons (Fsp3) is 0.100. The van der Waals surface area contributed by atoms with Gasteiger partial charge in [0.25, 0.3) is 0 Å². The normalized spacial score (nSPS) is 13.8. The van der Waals surface area contributed by atoms with Crippen LogP contribution in [0.1, 0.15) is 58.4 Å². The van der Waals surface area contributed by atoms with Crippen molar-refractivity contribution >= 4 is 17.1 Å². The zero-order chi connectivity index (χ0) is 41.3. The third kappa shape index (κ3) is 5.76. The van der Waals surface area contributed by atoms with E-state index < -0.39 is 5.41 Å². The Morgan fingerprint density at radius 1 is 0.328 bits per heavy atom. The zero-order valence-corrected chi connectivity index (χ0v) is 35.2. The van der Waals surface area contributed by atoms with Crippen LogP contribution < -0.4 is 4.90 Å². The summed E-state index contributed by atoms with van der Waals surface area (Å²) < 4.78 is 0. The molecule has 11 rings (SSSR count). The summed E-state index contributed by atoms with van der Waals surface area (Å²) in [5.74, 6) is 0. The van der Waals surface area contributed by atoms with E-state index in [1.54, 1.807) is 0 Å². The van der Waals surface area contributed by atoms with Gasteiger partial charge in [0.1, 0.15) is 0 Å². The number of hydrogen-bond donors (Lipinski definition) is 0. The van der Waals surface area contributed by atoms with Crippen LogP contribution in [0.3, 0.4) is 0 Å². The Kier molecular flexibility index (Phi) is 8.58. The topological polar surface area (TPSA) is 3.24 Å². The molecule has 2 aliphatic carbocycles. The molecule has 61 heavy (non-hydrogen) atoms. The second-order valence-corrected chi connectivity index (χ2v) is 17.5. The molecule has 0 atom stereocenters. The molecule has 0 heterocycles. The Hall–Kier alpha value is -7.22. The Balaban J connectivity index is 1.08. The summed E-state index contributed by atoms with van der Waals surface area (Å²) in [6.45, 7) is 9.19. The number of hydrogen-bond acceptors (Lipinski definition) is 1. The molecule has 0 saturated carbocycles. The molecule has 1 heteroatoms. The lowest BCUT2D eigenvalue weighted by molar-refractivity contribution is 0.660. The SMILES string of the molecule is Cc1ccc2c(c1)C(c1ccccc1)(c1ccccc1)c1cc(C)cc(-c3ccc(N(c4ccc(-c5ccccc5)cc4)c4ccc5c(c4)C(C)(C)c4ccccc4-5)cc3)c1-2. The van der Waals surface area contributed by atoms with Crippen LogP contribution in [-0.4, -0.2) is 0 Å². The highest BCUT2D eigenvalue weighted by molar-refractivity contribution is 5.96. The predicted octanol–water partition coefficient (Wildman–Crippen LogP) is 15.8. The summed E-state index contributed by atoms with van der Waals surface area (Å²) >= 11 is 0. The van der Waals surface area contributed by atoms with Crippen molar-refractivity contribution in [2.75, 3.05) is 4.90 Å². The number of aryl methyl sites for hydroxylation is 2. The van der Waals surface area contributed by atoms with Crippen LogP contribution in [0.2, 0.25) is 0 Å². The lowest BCUT2D eigenvalue weighted by atomic mass is 9.67. The fourth-order valence-corrected chi connectivity index (χ4v) is 10.6. The van der Waals surface area contributed by atoms with Gasteiger partial charge in [0.15, 0.2) is 0 Å². The number of rotatable bonds is 7. The molecule has 0 unspecified atom stereocenters. The molecule has 2 aliphatic rings. The minimum atomic E-state index is -0.455. The molecule has 0 aromatic heterocycles. The fourth-order valence-electron chi connectivity index (χ4n) is 10.6. The summed E-state index contributed by atoms with van der Waals surface area (Å²) in [4.78, 5) is 2.42. The Morgan fingerprint density at radius 2 is 0.836 bits per heavy atom. The highest BCUT2D eigenvalue weighted by Crippen LogP contribution is 2.59. The van der Waals surface area contributed by atoms with Gasteiger partial charge in [0.05, 0.1) is 5.41 Å². The van der Waals surface area contributed by atoms with E-state index in [2.05, 4.69) is 245 Å². The lowest BCUT2D eigenvalue weighted by Gasteiger charge is -2.34. The first-order chi connectivity index (χ1) is 29.8. The summed E-state index contributed by atoms with van der Waals surface area (Å²) in [6.07, 6.45) is 0. The zero-order valence-electron chi connectivity index (χ0n) is 35.2. The standard InChI is InChI=1S/C60H47N/c1-40-24-34-52-56(37-40)60(45-18-10-6-11-19-45,46-20-12-7-13-21-46)57-38-41(2)36-53(58(52)57)44-27-31-48(32-28-44)61(47-29-25-43(26-30-47)42-16-8-5-9-17-42)49-33-35-51-50-22-14-15-23-54(50)59(3,4)55(51)39-49/h5-39H,1-4H3. The van der Waals surface area contributed by atoms with Crippen molar-refractivity contribution in [3.63, 3.8) is 0 Å². The van der Waals surface area contributed by atoms with E-state index in [0.29, 0.717) is 0 Å². The van der Waals surface area contributed by atoms with Gasteiger partial charge in [0.2, 0.25) is 0 Å². The van der Waals surface area contributed by atoms with Crippen molar-refractivity contribution < 1.29 is 0 Å². The number of fused-ring (bicyclic) bond motifs is 6. The maximum atomic E-state index is 2.44. The van der Waals surface area contributed by atoms with Crippen LogP contribution >= 0.6 is 0 Å². The van der Waals surface area contributed by atoms with Gasteiger partial charge in [-0.15, -0.1) is 0 Å². The third-order valence-electron chi connectivity index (χ3n) is 13.4. The van der Waals surface area contributed by atoms with E-state index in [1.165, 1.54) is 89.0 Å². The summed E-state index contributed by atoms with van der Waals surface area (Å²) in [5, 5.41) is 0. The van der Waals surface area contributed by atoms with Gasteiger partial charge in [-0.1, -0.05) is 201 Å². The van der Waals surface area contributed by atoms with Crippen LogP contribution in [-0.2, 0) is 10.8 Å². The monoisotopic (exact) mass is 781 g/mol. The van der Waals surface area contributed by atoms with E-state index in [9.17, 15) is 0 Å². The minimum Gasteiger partial charge on any atom is -0.310 e. The van der Waals surface area contributed by atoms with E-state index in [-0.39, 0.29) is 5.41 Å². The minimum absolute atomic E-state index is 0.107. The lowest BCUT2D eigenvalue weighted by Crippen LogP contribution is -2.28. The van der Waals surface area contributed by atoms with Crippen LogP contribution in [0, 0.1) is 13.8 Å². The molecule has 1 nitrogen and oxygen atoms in total. The van der Waals surface area contributed by atoms with Crippen LogP contribution in [0.4, 0.5) is 17.1 Å². The Labute approximate surface area is 360 Å². The van der Waals surface area contributed by atoms with Gasteiger partial charge in [-0.25, -0.2) is 0 Å². The molecule has 0 bridgehead atoms. The van der Waals surface area contributed by atoms with Crippen LogP contribution in [0.25, 0.3) is 44.5 Å². The molecular formula is C60H47N. The second-order valence-electron chi connectivity index (χ2n) is 17.5. The smallest absolute Gasteiger partial charge is 0.0713 e. The number of nitrogens with zero attached hydrogens (tertiary/aromatic N) is 1. The van der Waals surface area contributed by atoms with Crippen molar-refractivity contribution in [2.24, 2.45) is 0 Å². The van der Waals surface area contributed by atoms with Crippen LogP contribution in [0.15, 0.2) is 212 Å². The second kappa shape index (κ2) is 14.2. The van der Waals surface area contributed by atoms with Crippen molar-refractivity contribution in [1.82, 2.24) is 0 Å². The first-order valence-corrected chi connectivity index (χ1v) is 21.5. The largest absolute Gasteiger partial charge is 0.310 e. The van der Waals surface area contributed by atoms with Gasteiger partial charge in [-0.05, 0) is 128 Å². The molecule has 0 saturated heterocycles. The maximum Gasteiger partial charge on any atom is 0.0713 e. The van der Waals surface area contributed by atoms with E-state index in [4.69, 9.17) is 0 Å². The molecule has 0 N–H and O–H groups in total. The molecule has 0 aliphatic heterocycles. The highest BCUT2D eigenvalue weighted by Gasteiger charge is 2.47. The molecule has 9 aromatic rings. The van der Waals surface area contributed by atoms with Gasteiger partial charge < -0.3 is 4.90 Å². The molecule has 292 valence electrons. The average molecular weight is 782 g/mol. The van der Waals surface area contributed by atoms with E-state index in [1.807, 2.05) is 0 Å². The number of benzene rings is 9. The Bertz CT molecular complexity index is 3050. The summed E-state index contributed by atoms with van der Waals surface area (Å²) in [7, 11) is 0. The molecule has 0 amide bonds. The molecule has 9 aromatic carbocycles. The quantitative estimate of drug-likeness (QED) is 0.156. The first-order valence-electron chi connectivity index (χ1n) is 21.5. The van der Waals surface area contributed by atoms with Crippen LogP contribution in [0.5, 0.6) is 0 Å². The Morgan fingerprint density at radius 3 is 1.49 bits per heavy atom. The predicted molar refractivity (Wildman–Crippen MR) is 256 cm³/mol. The molecule has 0 fully saturated rings. The van der Waals surface area contributed by atoms with E-state index >= 15 is 0 Å². The summed E-state index contributed by atoms with van der Waals surface area (Å²) in [6, 6.07) is 79.1. The van der Waals surface area contributed by atoms with Crippen molar-refractivity contribution in [2.45, 2.75) is 38.5 Å². The van der Waals surface area contributed by atoms with Gasteiger partial charge in [-0.3, -0.25) is 0 Å². The molecule has 0 radical (unpaired) electrons. The highest BCUT2D eigenvalue weighted by atomic mass is 15.1. The van der Waals surface area contributed by atoms with Crippen molar-refractivity contribution in [3.8, 4) is 44.5 Å². The number of anilines is 3. The third-order valence-corrected chi connectivity index (χ3v) is 13.4. The van der Waals surface area contributed by atoms with Crippen molar-refractivity contribution in [3.05, 3.63) is 257 Å². The average Bonchev–Trinajstić information content (AvgIpc) is 3.72. The molecule has 0 spiro atoms. The summed E-state index contributed by atoms with van der Waals surface area (Å²) in [5.41, 5.74) is 23.5.